The molecule has 26 heavy (non-hydrogen) atoms. The fourth-order valence-electron chi connectivity index (χ4n) is 3.14. The minimum absolute atomic E-state index is 0.176. The van der Waals surface area contributed by atoms with Crippen molar-refractivity contribution in [1.82, 2.24) is 0 Å². The number of amides is 1. The molecule has 1 saturated heterocycles. The SMILES string of the molecule is CCCOc1ccc(C(=O)Nc2ccc(N3CCCCC3)cc2)cc1N. The number of rotatable bonds is 6. The van der Waals surface area contributed by atoms with Gasteiger partial charge in [0.1, 0.15) is 5.75 Å². The molecule has 0 spiro atoms. The van der Waals surface area contributed by atoms with Crippen LogP contribution >= 0.6 is 0 Å². The monoisotopic (exact) mass is 353 g/mol. The van der Waals surface area contributed by atoms with Crippen LogP contribution in [0.5, 0.6) is 5.75 Å². The number of nitrogen functional groups attached to an aromatic ring is 1. The molecular formula is C21H27N3O2. The maximum Gasteiger partial charge on any atom is 0.255 e. The molecule has 0 saturated carbocycles. The van der Waals surface area contributed by atoms with Gasteiger partial charge in [0.05, 0.1) is 12.3 Å². The van der Waals surface area contributed by atoms with Gasteiger partial charge in [-0.2, -0.15) is 0 Å². The second-order valence-corrected chi connectivity index (χ2v) is 6.65. The maximum atomic E-state index is 12.5. The molecule has 2 aromatic rings. The summed E-state index contributed by atoms with van der Waals surface area (Å²) in [7, 11) is 0. The number of ether oxygens (including phenoxy) is 1. The molecule has 1 amide bonds. The number of nitrogens with two attached hydrogens (primary N) is 1. The summed E-state index contributed by atoms with van der Waals surface area (Å²) in [6.07, 6.45) is 4.72. The van der Waals surface area contributed by atoms with Crippen molar-refractivity contribution in [3.05, 3.63) is 48.0 Å². The van der Waals surface area contributed by atoms with Crippen LogP contribution in [0.1, 0.15) is 43.0 Å². The van der Waals surface area contributed by atoms with Gasteiger partial charge in [0, 0.05) is 30.0 Å². The van der Waals surface area contributed by atoms with E-state index < -0.39 is 0 Å². The number of hydrogen-bond donors (Lipinski definition) is 2. The van der Waals surface area contributed by atoms with Crippen LogP contribution in [0.15, 0.2) is 42.5 Å². The van der Waals surface area contributed by atoms with Crippen LogP contribution < -0.4 is 20.7 Å². The first-order valence-electron chi connectivity index (χ1n) is 9.36. The van der Waals surface area contributed by atoms with Crippen molar-refractivity contribution in [3.8, 4) is 5.75 Å². The van der Waals surface area contributed by atoms with Crippen molar-refractivity contribution in [2.45, 2.75) is 32.6 Å². The van der Waals surface area contributed by atoms with E-state index in [1.54, 1.807) is 18.2 Å². The number of carbonyl (C=O) groups excluding carboxylic acids is 1. The molecule has 3 N–H and O–H groups in total. The molecule has 3 rings (SSSR count). The molecule has 0 radical (unpaired) electrons. The lowest BCUT2D eigenvalue weighted by molar-refractivity contribution is 0.102. The van der Waals surface area contributed by atoms with E-state index in [0.29, 0.717) is 23.6 Å². The quantitative estimate of drug-likeness (QED) is 0.760. The normalized spacial score (nSPS) is 14.1. The topological polar surface area (TPSA) is 67.6 Å². The highest BCUT2D eigenvalue weighted by molar-refractivity contribution is 6.05. The number of piperidine rings is 1. The molecule has 138 valence electrons. The molecule has 5 heteroatoms. The Morgan fingerprint density at radius 2 is 1.85 bits per heavy atom. The molecule has 2 aromatic carbocycles. The summed E-state index contributed by atoms with van der Waals surface area (Å²) in [6.45, 7) is 4.86. The highest BCUT2D eigenvalue weighted by Crippen LogP contribution is 2.24. The van der Waals surface area contributed by atoms with E-state index in [9.17, 15) is 4.79 Å². The Morgan fingerprint density at radius 1 is 1.12 bits per heavy atom. The number of nitrogens with one attached hydrogen (secondary N) is 1. The maximum absolute atomic E-state index is 12.5. The first-order valence-corrected chi connectivity index (χ1v) is 9.36. The third kappa shape index (κ3) is 4.48. The highest BCUT2D eigenvalue weighted by atomic mass is 16.5. The highest BCUT2D eigenvalue weighted by Gasteiger charge is 2.12. The van der Waals surface area contributed by atoms with E-state index in [0.717, 1.165) is 25.2 Å². The van der Waals surface area contributed by atoms with Crippen LogP contribution in [-0.4, -0.2) is 25.6 Å². The lowest BCUT2D eigenvalue weighted by Gasteiger charge is -2.28. The van der Waals surface area contributed by atoms with Gasteiger partial charge in [0.15, 0.2) is 0 Å². The minimum atomic E-state index is -0.176. The van der Waals surface area contributed by atoms with Gasteiger partial charge in [0.2, 0.25) is 0 Å². The first-order chi connectivity index (χ1) is 12.7. The van der Waals surface area contributed by atoms with Crippen molar-refractivity contribution >= 4 is 23.0 Å². The van der Waals surface area contributed by atoms with Gasteiger partial charge < -0.3 is 20.7 Å². The summed E-state index contributed by atoms with van der Waals surface area (Å²) in [4.78, 5) is 14.9. The Balaban J connectivity index is 1.63. The van der Waals surface area contributed by atoms with Crippen LogP contribution in [0, 0.1) is 0 Å². The summed E-state index contributed by atoms with van der Waals surface area (Å²) >= 11 is 0. The summed E-state index contributed by atoms with van der Waals surface area (Å²) in [5.74, 6) is 0.443. The predicted octanol–water partition coefficient (Wildman–Crippen LogP) is 4.30. The Kier molecular flexibility index (Phi) is 6.00. The molecule has 0 aliphatic carbocycles. The van der Waals surface area contributed by atoms with Gasteiger partial charge in [-0.15, -0.1) is 0 Å². The molecule has 1 heterocycles. The third-order valence-electron chi connectivity index (χ3n) is 4.58. The second-order valence-electron chi connectivity index (χ2n) is 6.65. The van der Waals surface area contributed by atoms with E-state index in [2.05, 4.69) is 22.3 Å². The second kappa shape index (κ2) is 8.61. The summed E-state index contributed by atoms with van der Waals surface area (Å²) in [6, 6.07) is 13.2. The van der Waals surface area contributed by atoms with Crippen molar-refractivity contribution in [2.75, 3.05) is 35.6 Å². The fraction of sp³-hybridized carbons (Fsp3) is 0.381. The molecule has 0 unspecified atom stereocenters. The van der Waals surface area contributed by atoms with E-state index in [1.807, 2.05) is 19.1 Å². The number of anilines is 3. The van der Waals surface area contributed by atoms with E-state index in [4.69, 9.17) is 10.5 Å². The van der Waals surface area contributed by atoms with Gasteiger partial charge in [-0.1, -0.05) is 6.92 Å². The molecule has 1 aliphatic rings. The molecule has 0 atom stereocenters. The molecule has 1 aliphatic heterocycles. The zero-order chi connectivity index (χ0) is 18.4. The molecule has 0 bridgehead atoms. The first kappa shape index (κ1) is 18.1. The smallest absolute Gasteiger partial charge is 0.255 e. The Bertz CT molecular complexity index is 737. The molecule has 0 aromatic heterocycles. The number of carbonyl (C=O) groups is 1. The van der Waals surface area contributed by atoms with Crippen molar-refractivity contribution in [2.24, 2.45) is 0 Å². The zero-order valence-electron chi connectivity index (χ0n) is 15.3. The average Bonchev–Trinajstić information content (AvgIpc) is 2.68. The fourth-order valence-corrected chi connectivity index (χ4v) is 3.14. The Hall–Kier alpha value is -2.69. The van der Waals surface area contributed by atoms with Crippen LogP contribution in [0.3, 0.4) is 0 Å². The predicted molar refractivity (Wildman–Crippen MR) is 107 cm³/mol. The van der Waals surface area contributed by atoms with E-state index in [-0.39, 0.29) is 5.91 Å². The van der Waals surface area contributed by atoms with Crippen LogP contribution in [0.2, 0.25) is 0 Å². The zero-order valence-corrected chi connectivity index (χ0v) is 15.3. The molecule has 1 fully saturated rings. The van der Waals surface area contributed by atoms with Gasteiger partial charge in [-0.3, -0.25) is 4.79 Å². The number of benzene rings is 2. The van der Waals surface area contributed by atoms with Crippen LogP contribution in [0.4, 0.5) is 17.1 Å². The lowest BCUT2D eigenvalue weighted by atomic mass is 10.1. The minimum Gasteiger partial charge on any atom is -0.491 e. The lowest BCUT2D eigenvalue weighted by Crippen LogP contribution is -2.29. The summed E-state index contributed by atoms with van der Waals surface area (Å²) in [5.41, 5.74) is 8.97. The average molecular weight is 353 g/mol. The van der Waals surface area contributed by atoms with Gasteiger partial charge >= 0.3 is 0 Å². The van der Waals surface area contributed by atoms with Gasteiger partial charge in [-0.05, 0) is 68.1 Å². The van der Waals surface area contributed by atoms with Crippen LogP contribution in [0.25, 0.3) is 0 Å². The molecule has 5 nitrogen and oxygen atoms in total. The standard InChI is InChI=1S/C21H27N3O2/c1-2-14-26-20-11-6-16(15-19(20)22)21(25)23-17-7-9-18(10-8-17)24-12-4-3-5-13-24/h6-11,15H,2-5,12-14,22H2,1H3,(H,23,25). The summed E-state index contributed by atoms with van der Waals surface area (Å²) in [5, 5.41) is 2.92. The molecular weight excluding hydrogens is 326 g/mol. The largest absolute Gasteiger partial charge is 0.491 e. The van der Waals surface area contributed by atoms with E-state index >= 15 is 0 Å². The van der Waals surface area contributed by atoms with Crippen molar-refractivity contribution in [1.29, 1.82) is 0 Å². The van der Waals surface area contributed by atoms with E-state index in [1.165, 1.54) is 24.9 Å². The van der Waals surface area contributed by atoms with Crippen LogP contribution in [-0.2, 0) is 0 Å². The number of hydrogen-bond acceptors (Lipinski definition) is 4. The number of nitrogens with zero attached hydrogens (tertiary/aromatic N) is 1. The summed E-state index contributed by atoms with van der Waals surface area (Å²) < 4.78 is 5.55. The Morgan fingerprint density at radius 3 is 2.50 bits per heavy atom. The Labute approximate surface area is 155 Å². The third-order valence-corrected chi connectivity index (χ3v) is 4.58. The van der Waals surface area contributed by atoms with Gasteiger partial charge in [-0.25, -0.2) is 0 Å². The van der Waals surface area contributed by atoms with Crippen molar-refractivity contribution in [3.63, 3.8) is 0 Å². The van der Waals surface area contributed by atoms with Crippen molar-refractivity contribution < 1.29 is 9.53 Å². The van der Waals surface area contributed by atoms with Gasteiger partial charge in [0.25, 0.3) is 5.91 Å².